The molecule has 0 spiro atoms. The van der Waals surface area contributed by atoms with Crippen LogP contribution in [-0.2, 0) is 4.79 Å². The highest BCUT2D eigenvalue weighted by atomic mass is 16.3. The van der Waals surface area contributed by atoms with E-state index in [0.29, 0.717) is 0 Å². The zero-order valence-electron chi connectivity index (χ0n) is 9.53. The first kappa shape index (κ1) is 11.2. The Kier molecular flexibility index (Phi) is 3.62. The number of rotatable bonds is 3. The first-order valence-corrected chi connectivity index (χ1v) is 5.82. The Bertz CT molecular complexity index is 329. The van der Waals surface area contributed by atoms with Gasteiger partial charge in [-0.3, -0.25) is 4.79 Å². The van der Waals surface area contributed by atoms with E-state index in [1.165, 1.54) is 0 Å². The average Bonchev–Trinajstić information content (AvgIpc) is 2.83. The largest absolute Gasteiger partial charge is 0.467 e. The fraction of sp³-hybridized carbons (Fsp3) is 0.583. The predicted molar refractivity (Wildman–Crippen MR) is 60.9 cm³/mol. The van der Waals surface area contributed by atoms with Crippen molar-refractivity contribution in [2.24, 2.45) is 5.92 Å². The smallest absolute Gasteiger partial charge is 0.224 e. The van der Waals surface area contributed by atoms with Crippen molar-refractivity contribution in [1.82, 2.24) is 10.6 Å². The number of hydrogen-bond donors (Lipinski definition) is 2. The van der Waals surface area contributed by atoms with Crippen LogP contribution >= 0.6 is 0 Å². The number of carbonyl (C=O) groups excluding carboxylic acids is 1. The number of hydrogen-bond acceptors (Lipinski definition) is 3. The molecule has 0 aliphatic carbocycles. The Hall–Kier alpha value is -1.29. The number of amides is 1. The lowest BCUT2D eigenvalue weighted by molar-refractivity contribution is -0.126. The summed E-state index contributed by atoms with van der Waals surface area (Å²) in [5.41, 5.74) is 0. The molecule has 2 atom stereocenters. The molecule has 16 heavy (non-hydrogen) atoms. The van der Waals surface area contributed by atoms with Crippen LogP contribution < -0.4 is 10.6 Å². The molecule has 1 amide bonds. The van der Waals surface area contributed by atoms with Gasteiger partial charge in [-0.2, -0.15) is 0 Å². The molecule has 2 N–H and O–H groups in total. The molecule has 1 aliphatic heterocycles. The number of nitrogens with one attached hydrogen (secondary N) is 2. The Labute approximate surface area is 95.4 Å². The van der Waals surface area contributed by atoms with Crippen LogP contribution in [0.5, 0.6) is 0 Å². The van der Waals surface area contributed by atoms with E-state index in [1.54, 1.807) is 6.26 Å². The highest BCUT2D eigenvalue weighted by molar-refractivity contribution is 5.79. The maximum atomic E-state index is 11.9. The Balaban J connectivity index is 1.86. The van der Waals surface area contributed by atoms with Crippen LogP contribution in [0.3, 0.4) is 0 Å². The molecule has 1 fully saturated rings. The zero-order chi connectivity index (χ0) is 11.4. The summed E-state index contributed by atoms with van der Waals surface area (Å²) in [5.74, 6) is 1.03. The second kappa shape index (κ2) is 5.16. The Morgan fingerprint density at radius 1 is 1.69 bits per heavy atom. The summed E-state index contributed by atoms with van der Waals surface area (Å²) in [6.07, 6.45) is 3.68. The third-order valence-electron chi connectivity index (χ3n) is 3.00. The van der Waals surface area contributed by atoms with E-state index in [4.69, 9.17) is 4.42 Å². The Morgan fingerprint density at radius 3 is 3.19 bits per heavy atom. The molecule has 2 rings (SSSR count). The monoisotopic (exact) mass is 222 g/mol. The van der Waals surface area contributed by atoms with Gasteiger partial charge in [-0.25, -0.2) is 0 Å². The molecule has 1 aromatic heterocycles. The van der Waals surface area contributed by atoms with Crippen molar-refractivity contribution in [2.75, 3.05) is 13.1 Å². The summed E-state index contributed by atoms with van der Waals surface area (Å²) in [6, 6.07) is 3.66. The van der Waals surface area contributed by atoms with Crippen molar-refractivity contribution < 1.29 is 9.21 Å². The van der Waals surface area contributed by atoms with Crippen molar-refractivity contribution in [1.29, 1.82) is 0 Å². The summed E-state index contributed by atoms with van der Waals surface area (Å²) in [7, 11) is 0. The molecular weight excluding hydrogens is 204 g/mol. The van der Waals surface area contributed by atoms with E-state index >= 15 is 0 Å². The molecule has 1 aliphatic rings. The van der Waals surface area contributed by atoms with E-state index < -0.39 is 0 Å². The number of furan rings is 1. The second-order valence-corrected chi connectivity index (χ2v) is 4.29. The lowest BCUT2D eigenvalue weighted by Crippen LogP contribution is -2.41. The molecule has 88 valence electrons. The maximum Gasteiger partial charge on any atom is 0.224 e. The third-order valence-corrected chi connectivity index (χ3v) is 3.00. The number of carbonyl (C=O) groups is 1. The van der Waals surface area contributed by atoms with Gasteiger partial charge in [0, 0.05) is 6.54 Å². The van der Waals surface area contributed by atoms with E-state index in [9.17, 15) is 4.79 Å². The van der Waals surface area contributed by atoms with Crippen molar-refractivity contribution in [3.63, 3.8) is 0 Å². The van der Waals surface area contributed by atoms with Gasteiger partial charge in [0.2, 0.25) is 5.91 Å². The molecule has 1 saturated heterocycles. The van der Waals surface area contributed by atoms with Crippen LogP contribution in [-0.4, -0.2) is 19.0 Å². The highest BCUT2D eigenvalue weighted by Crippen LogP contribution is 2.15. The lowest BCUT2D eigenvalue weighted by atomic mass is 9.98. The Morgan fingerprint density at radius 2 is 2.56 bits per heavy atom. The molecule has 0 aromatic carbocycles. The summed E-state index contributed by atoms with van der Waals surface area (Å²) in [5, 5.41) is 6.22. The van der Waals surface area contributed by atoms with Crippen LogP contribution in [0.25, 0.3) is 0 Å². The molecule has 0 saturated carbocycles. The SMILES string of the molecule is C[C@@H](NC(=O)[C@@H]1CCCNC1)c1ccco1. The van der Waals surface area contributed by atoms with Gasteiger partial charge < -0.3 is 15.1 Å². The van der Waals surface area contributed by atoms with Gasteiger partial charge in [0.05, 0.1) is 18.2 Å². The van der Waals surface area contributed by atoms with Crippen molar-refractivity contribution in [3.05, 3.63) is 24.2 Å². The first-order valence-electron chi connectivity index (χ1n) is 5.82. The summed E-state index contributed by atoms with van der Waals surface area (Å²) in [6.45, 7) is 3.75. The van der Waals surface area contributed by atoms with Crippen LogP contribution in [0.1, 0.15) is 31.6 Å². The minimum Gasteiger partial charge on any atom is -0.467 e. The predicted octanol–water partition coefficient (Wildman–Crippen LogP) is 1.46. The van der Waals surface area contributed by atoms with Crippen LogP contribution in [0.2, 0.25) is 0 Å². The quantitative estimate of drug-likeness (QED) is 0.814. The fourth-order valence-corrected chi connectivity index (χ4v) is 2.02. The zero-order valence-corrected chi connectivity index (χ0v) is 9.53. The van der Waals surface area contributed by atoms with Gasteiger partial charge in [0.25, 0.3) is 0 Å². The van der Waals surface area contributed by atoms with E-state index in [1.807, 2.05) is 19.1 Å². The fourth-order valence-electron chi connectivity index (χ4n) is 2.02. The summed E-state index contributed by atoms with van der Waals surface area (Å²) < 4.78 is 5.25. The van der Waals surface area contributed by atoms with Crippen LogP contribution in [0.4, 0.5) is 0 Å². The van der Waals surface area contributed by atoms with Gasteiger partial charge in [0.1, 0.15) is 5.76 Å². The topological polar surface area (TPSA) is 54.3 Å². The number of piperidine rings is 1. The maximum absolute atomic E-state index is 11.9. The average molecular weight is 222 g/mol. The second-order valence-electron chi connectivity index (χ2n) is 4.29. The molecular formula is C12H18N2O2. The van der Waals surface area contributed by atoms with E-state index in [-0.39, 0.29) is 17.9 Å². The van der Waals surface area contributed by atoms with E-state index in [0.717, 1.165) is 31.7 Å². The summed E-state index contributed by atoms with van der Waals surface area (Å²) >= 11 is 0. The minimum absolute atomic E-state index is 0.0515. The molecule has 4 heteroatoms. The van der Waals surface area contributed by atoms with Crippen LogP contribution in [0, 0.1) is 5.92 Å². The van der Waals surface area contributed by atoms with Crippen molar-refractivity contribution in [3.8, 4) is 0 Å². The third kappa shape index (κ3) is 2.64. The molecule has 0 radical (unpaired) electrons. The first-order chi connectivity index (χ1) is 7.77. The normalized spacial score (nSPS) is 22.7. The van der Waals surface area contributed by atoms with Gasteiger partial charge in [0.15, 0.2) is 0 Å². The van der Waals surface area contributed by atoms with Gasteiger partial charge in [-0.15, -0.1) is 0 Å². The molecule has 0 bridgehead atoms. The molecule has 4 nitrogen and oxygen atoms in total. The molecule has 0 unspecified atom stereocenters. The standard InChI is InChI=1S/C12H18N2O2/c1-9(11-5-3-7-16-11)14-12(15)10-4-2-6-13-8-10/h3,5,7,9-10,13H,2,4,6,8H2,1H3,(H,14,15)/t9-,10-/m1/s1. The van der Waals surface area contributed by atoms with Crippen molar-refractivity contribution >= 4 is 5.91 Å². The molecule has 1 aromatic rings. The van der Waals surface area contributed by atoms with Gasteiger partial charge in [-0.1, -0.05) is 0 Å². The lowest BCUT2D eigenvalue weighted by Gasteiger charge is -2.23. The van der Waals surface area contributed by atoms with Crippen LogP contribution in [0.15, 0.2) is 22.8 Å². The highest BCUT2D eigenvalue weighted by Gasteiger charge is 2.22. The summed E-state index contributed by atoms with van der Waals surface area (Å²) in [4.78, 5) is 11.9. The van der Waals surface area contributed by atoms with Gasteiger partial charge >= 0.3 is 0 Å². The van der Waals surface area contributed by atoms with E-state index in [2.05, 4.69) is 10.6 Å². The van der Waals surface area contributed by atoms with Gasteiger partial charge in [-0.05, 0) is 38.4 Å². The van der Waals surface area contributed by atoms with Crippen molar-refractivity contribution in [2.45, 2.75) is 25.8 Å². The molecule has 2 heterocycles. The minimum atomic E-state index is -0.0515.